The summed E-state index contributed by atoms with van der Waals surface area (Å²) in [5.74, 6) is 0.657. The predicted octanol–water partition coefficient (Wildman–Crippen LogP) is 2.05. The highest BCUT2D eigenvalue weighted by Crippen LogP contribution is 2.40. The first-order valence-corrected chi connectivity index (χ1v) is 6.69. The first-order chi connectivity index (χ1) is 8.58. The standard InChI is InChI=1S/C15H22N2O/c1-10(2)16-15(18)11(3)17-14-9-13(14)12-7-5-4-6-8-12/h4-8,10-11,13-14,17H,9H2,1-3H3,(H,16,18). The van der Waals surface area contributed by atoms with Gasteiger partial charge >= 0.3 is 0 Å². The molecule has 1 saturated carbocycles. The van der Waals surface area contributed by atoms with Gasteiger partial charge in [-0.1, -0.05) is 30.3 Å². The van der Waals surface area contributed by atoms with E-state index in [2.05, 4.69) is 34.9 Å². The highest BCUT2D eigenvalue weighted by Gasteiger charge is 2.39. The minimum absolute atomic E-state index is 0.0868. The zero-order chi connectivity index (χ0) is 13.1. The van der Waals surface area contributed by atoms with Crippen molar-refractivity contribution in [3.8, 4) is 0 Å². The van der Waals surface area contributed by atoms with Gasteiger partial charge in [-0.25, -0.2) is 0 Å². The van der Waals surface area contributed by atoms with Crippen LogP contribution in [0.3, 0.4) is 0 Å². The second-order valence-corrected chi connectivity index (χ2v) is 5.41. The molecule has 1 aromatic carbocycles. The largest absolute Gasteiger partial charge is 0.353 e. The molecule has 2 N–H and O–H groups in total. The lowest BCUT2D eigenvalue weighted by Crippen LogP contribution is -2.45. The molecule has 0 radical (unpaired) electrons. The number of benzene rings is 1. The molecule has 1 aromatic rings. The third kappa shape index (κ3) is 3.33. The van der Waals surface area contributed by atoms with Crippen LogP contribution in [-0.4, -0.2) is 24.0 Å². The van der Waals surface area contributed by atoms with Gasteiger partial charge in [0.1, 0.15) is 0 Å². The monoisotopic (exact) mass is 246 g/mol. The van der Waals surface area contributed by atoms with E-state index in [4.69, 9.17) is 0 Å². The van der Waals surface area contributed by atoms with Crippen molar-refractivity contribution in [2.75, 3.05) is 0 Å². The number of nitrogens with one attached hydrogen (secondary N) is 2. The molecule has 1 aliphatic rings. The van der Waals surface area contributed by atoms with Crippen LogP contribution in [0.25, 0.3) is 0 Å². The average molecular weight is 246 g/mol. The Morgan fingerprint density at radius 1 is 1.22 bits per heavy atom. The zero-order valence-electron chi connectivity index (χ0n) is 11.3. The molecule has 0 bridgehead atoms. The van der Waals surface area contributed by atoms with Crippen molar-refractivity contribution in [2.24, 2.45) is 0 Å². The van der Waals surface area contributed by atoms with E-state index in [0.717, 1.165) is 6.42 Å². The van der Waals surface area contributed by atoms with E-state index in [-0.39, 0.29) is 18.0 Å². The van der Waals surface area contributed by atoms with Crippen molar-refractivity contribution in [1.29, 1.82) is 0 Å². The topological polar surface area (TPSA) is 41.1 Å². The molecule has 3 heteroatoms. The number of hydrogen-bond donors (Lipinski definition) is 2. The molecule has 1 amide bonds. The van der Waals surface area contributed by atoms with Crippen molar-refractivity contribution in [1.82, 2.24) is 10.6 Å². The van der Waals surface area contributed by atoms with Gasteiger partial charge in [0.2, 0.25) is 5.91 Å². The molecule has 3 unspecified atom stereocenters. The van der Waals surface area contributed by atoms with Crippen molar-refractivity contribution in [3.05, 3.63) is 35.9 Å². The molecular weight excluding hydrogens is 224 g/mol. The lowest BCUT2D eigenvalue weighted by Gasteiger charge is -2.16. The van der Waals surface area contributed by atoms with Gasteiger partial charge in [-0.15, -0.1) is 0 Å². The van der Waals surface area contributed by atoms with Crippen molar-refractivity contribution in [3.63, 3.8) is 0 Å². The van der Waals surface area contributed by atoms with Gasteiger partial charge in [0, 0.05) is 18.0 Å². The molecule has 0 aromatic heterocycles. The van der Waals surface area contributed by atoms with Crippen LogP contribution in [0.5, 0.6) is 0 Å². The number of rotatable bonds is 5. The number of hydrogen-bond acceptors (Lipinski definition) is 2. The number of carbonyl (C=O) groups excluding carboxylic acids is 1. The Balaban J connectivity index is 1.81. The SMILES string of the molecule is CC(C)NC(=O)C(C)NC1CC1c1ccccc1. The molecule has 0 saturated heterocycles. The van der Waals surface area contributed by atoms with E-state index in [1.807, 2.05) is 26.8 Å². The van der Waals surface area contributed by atoms with E-state index < -0.39 is 0 Å². The van der Waals surface area contributed by atoms with E-state index in [9.17, 15) is 4.79 Å². The van der Waals surface area contributed by atoms with Crippen LogP contribution in [0.4, 0.5) is 0 Å². The number of amides is 1. The van der Waals surface area contributed by atoms with Gasteiger partial charge in [0.25, 0.3) is 0 Å². The Bertz CT molecular complexity index is 402. The van der Waals surface area contributed by atoms with Crippen molar-refractivity contribution in [2.45, 2.75) is 51.2 Å². The van der Waals surface area contributed by atoms with Crippen LogP contribution >= 0.6 is 0 Å². The zero-order valence-corrected chi connectivity index (χ0v) is 11.3. The maximum Gasteiger partial charge on any atom is 0.237 e. The Hall–Kier alpha value is -1.35. The lowest BCUT2D eigenvalue weighted by atomic mass is 10.1. The summed E-state index contributed by atoms with van der Waals surface area (Å²) >= 11 is 0. The van der Waals surface area contributed by atoms with E-state index in [1.165, 1.54) is 5.56 Å². The fourth-order valence-electron chi connectivity index (χ4n) is 2.25. The van der Waals surface area contributed by atoms with E-state index in [0.29, 0.717) is 12.0 Å². The van der Waals surface area contributed by atoms with Crippen molar-refractivity contribution >= 4 is 5.91 Å². The minimum Gasteiger partial charge on any atom is -0.353 e. The second-order valence-electron chi connectivity index (χ2n) is 5.41. The van der Waals surface area contributed by atoms with Crippen LogP contribution in [-0.2, 0) is 4.79 Å². The van der Waals surface area contributed by atoms with Gasteiger partial charge in [-0.2, -0.15) is 0 Å². The molecule has 18 heavy (non-hydrogen) atoms. The van der Waals surface area contributed by atoms with Crippen LogP contribution in [0.1, 0.15) is 38.7 Å². The van der Waals surface area contributed by atoms with Gasteiger partial charge in [0.05, 0.1) is 6.04 Å². The molecule has 3 atom stereocenters. The number of carbonyl (C=O) groups is 1. The lowest BCUT2D eigenvalue weighted by molar-refractivity contribution is -0.123. The summed E-state index contributed by atoms with van der Waals surface area (Å²) in [6.45, 7) is 5.89. The first-order valence-electron chi connectivity index (χ1n) is 6.69. The quantitative estimate of drug-likeness (QED) is 0.835. The summed E-state index contributed by atoms with van der Waals surface area (Å²) in [5.41, 5.74) is 1.37. The maximum atomic E-state index is 11.8. The summed E-state index contributed by atoms with van der Waals surface area (Å²) in [6, 6.07) is 11.0. The normalized spacial score (nSPS) is 23.8. The van der Waals surface area contributed by atoms with Crippen LogP contribution in [0.15, 0.2) is 30.3 Å². The van der Waals surface area contributed by atoms with Crippen molar-refractivity contribution < 1.29 is 4.79 Å². The summed E-state index contributed by atoms with van der Waals surface area (Å²) in [5, 5.41) is 6.32. The van der Waals surface area contributed by atoms with Gasteiger partial charge in [0.15, 0.2) is 0 Å². The summed E-state index contributed by atoms with van der Waals surface area (Å²) in [6.07, 6.45) is 1.13. The Morgan fingerprint density at radius 2 is 1.89 bits per heavy atom. The summed E-state index contributed by atoms with van der Waals surface area (Å²) in [7, 11) is 0. The average Bonchev–Trinajstić information content (AvgIpc) is 3.08. The molecule has 0 spiro atoms. The summed E-state index contributed by atoms with van der Waals surface area (Å²) in [4.78, 5) is 11.8. The predicted molar refractivity (Wildman–Crippen MR) is 73.5 cm³/mol. The highest BCUT2D eigenvalue weighted by molar-refractivity contribution is 5.81. The first kappa shape index (κ1) is 13.1. The fourth-order valence-corrected chi connectivity index (χ4v) is 2.25. The molecule has 98 valence electrons. The van der Waals surface area contributed by atoms with Crippen LogP contribution < -0.4 is 10.6 Å². The van der Waals surface area contributed by atoms with E-state index >= 15 is 0 Å². The third-order valence-corrected chi connectivity index (χ3v) is 3.31. The Labute approximate surface area is 109 Å². The molecule has 3 nitrogen and oxygen atoms in total. The van der Waals surface area contributed by atoms with Gasteiger partial charge < -0.3 is 10.6 Å². The van der Waals surface area contributed by atoms with Crippen LogP contribution in [0, 0.1) is 0 Å². The molecule has 0 aliphatic heterocycles. The Morgan fingerprint density at radius 3 is 2.50 bits per heavy atom. The maximum absolute atomic E-state index is 11.8. The fraction of sp³-hybridized carbons (Fsp3) is 0.533. The molecule has 1 fully saturated rings. The second kappa shape index (κ2) is 5.53. The van der Waals surface area contributed by atoms with Gasteiger partial charge in [-0.05, 0) is 32.8 Å². The molecule has 0 heterocycles. The Kier molecular flexibility index (Phi) is 4.02. The van der Waals surface area contributed by atoms with Crippen LogP contribution in [0.2, 0.25) is 0 Å². The third-order valence-electron chi connectivity index (χ3n) is 3.31. The minimum atomic E-state index is -0.119. The highest BCUT2D eigenvalue weighted by atomic mass is 16.2. The molecule has 2 rings (SSSR count). The van der Waals surface area contributed by atoms with E-state index in [1.54, 1.807) is 0 Å². The summed E-state index contributed by atoms with van der Waals surface area (Å²) < 4.78 is 0. The molecule has 1 aliphatic carbocycles. The molecular formula is C15H22N2O. The smallest absolute Gasteiger partial charge is 0.237 e. The van der Waals surface area contributed by atoms with Gasteiger partial charge in [-0.3, -0.25) is 4.79 Å².